The Kier molecular flexibility index (Phi) is 2.34. The van der Waals surface area contributed by atoms with E-state index in [0.717, 1.165) is 18.7 Å². The van der Waals surface area contributed by atoms with E-state index < -0.39 is 0 Å². The van der Waals surface area contributed by atoms with Crippen LogP contribution in [0.4, 0.5) is 11.4 Å². The Morgan fingerprint density at radius 2 is 2.20 bits per heavy atom. The average molecular weight is 206 g/mol. The van der Waals surface area contributed by atoms with Crippen molar-refractivity contribution in [1.29, 1.82) is 0 Å². The van der Waals surface area contributed by atoms with Gasteiger partial charge in [-0.25, -0.2) is 0 Å². The molecule has 0 saturated heterocycles. The molecule has 0 spiro atoms. The Balaban J connectivity index is 2.42. The van der Waals surface area contributed by atoms with Gasteiger partial charge in [0.05, 0.1) is 4.92 Å². The second-order valence-corrected chi connectivity index (χ2v) is 4.11. The van der Waals surface area contributed by atoms with Crippen LogP contribution >= 0.6 is 0 Å². The predicted molar refractivity (Wildman–Crippen MR) is 59.3 cm³/mol. The average Bonchev–Trinajstić information content (AvgIpc) is 2.59. The third-order valence-corrected chi connectivity index (χ3v) is 2.83. The van der Waals surface area contributed by atoms with Crippen LogP contribution in [-0.4, -0.2) is 17.5 Å². The maximum atomic E-state index is 10.7. The van der Waals surface area contributed by atoms with E-state index in [4.69, 9.17) is 0 Å². The van der Waals surface area contributed by atoms with E-state index in [0.29, 0.717) is 6.04 Å². The van der Waals surface area contributed by atoms with Crippen molar-refractivity contribution < 1.29 is 4.92 Å². The Morgan fingerprint density at radius 3 is 2.80 bits per heavy atom. The number of nitrogens with zero attached hydrogens (tertiary/aromatic N) is 2. The highest BCUT2D eigenvalue weighted by Gasteiger charge is 2.23. The maximum absolute atomic E-state index is 10.7. The molecule has 0 fully saturated rings. The van der Waals surface area contributed by atoms with Crippen molar-refractivity contribution in [3.63, 3.8) is 0 Å². The molecule has 0 bridgehead atoms. The standard InChI is InChI=1S/C11H14N2O2/c1-8(2)12-6-5-9-3-4-10(13(14)15)7-11(9)12/h3-4,7-8H,5-6H2,1-2H3. The minimum absolute atomic E-state index is 0.182. The van der Waals surface area contributed by atoms with Crippen LogP contribution in [0.5, 0.6) is 0 Å². The maximum Gasteiger partial charge on any atom is 0.271 e. The van der Waals surface area contributed by atoms with E-state index >= 15 is 0 Å². The molecule has 0 radical (unpaired) electrons. The number of nitro benzene ring substituents is 1. The predicted octanol–water partition coefficient (Wildman–Crippen LogP) is 2.37. The number of nitro groups is 1. The van der Waals surface area contributed by atoms with Crippen molar-refractivity contribution in [2.24, 2.45) is 0 Å². The Hall–Kier alpha value is -1.58. The molecule has 0 aliphatic carbocycles. The molecular weight excluding hydrogens is 192 g/mol. The molecule has 0 aromatic heterocycles. The van der Waals surface area contributed by atoms with E-state index in [1.165, 1.54) is 5.56 Å². The monoisotopic (exact) mass is 206 g/mol. The fraction of sp³-hybridized carbons (Fsp3) is 0.455. The minimum Gasteiger partial charge on any atom is -0.368 e. The van der Waals surface area contributed by atoms with Crippen molar-refractivity contribution in [2.75, 3.05) is 11.4 Å². The molecule has 0 unspecified atom stereocenters. The van der Waals surface area contributed by atoms with Crippen LogP contribution in [0, 0.1) is 10.1 Å². The Bertz CT molecular complexity index is 402. The zero-order valence-electron chi connectivity index (χ0n) is 8.93. The SMILES string of the molecule is CC(C)N1CCc2ccc([N+](=O)[O-])cc21. The van der Waals surface area contributed by atoms with Crippen molar-refractivity contribution in [3.05, 3.63) is 33.9 Å². The van der Waals surface area contributed by atoms with Gasteiger partial charge in [-0.3, -0.25) is 10.1 Å². The van der Waals surface area contributed by atoms with Gasteiger partial charge < -0.3 is 4.90 Å². The molecule has 4 heteroatoms. The third-order valence-electron chi connectivity index (χ3n) is 2.83. The van der Waals surface area contributed by atoms with Gasteiger partial charge in [0.2, 0.25) is 0 Å². The number of rotatable bonds is 2. The van der Waals surface area contributed by atoms with Crippen LogP contribution in [0.1, 0.15) is 19.4 Å². The molecule has 1 aromatic rings. The topological polar surface area (TPSA) is 46.4 Å². The van der Waals surface area contributed by atoms with E-state index in [2.05, 4.69) is 18.7 Å². The van der Waals surface area contributed by atoms with Crippen LogP contribution in [0.25, 0.3) is 0 Å². The highest BCUT2D eigenvalue weighted by atomic mass is 16.6. The first-order valence-electron chi connectivity index (χ1n) is 5.13. The minimum atomic E-state index is -0.336. The first-order valence-corrected chi connectivity index (χ1v) is 5.13. The molecule has 80 valence electrons. The van der Waals surface area contributed by atoms with Crippen molar-refractivity contribution in [3.8, 4) is 0 Å². The lowest BCUT2D eigenvalue weighted by Crippen LogP contribution is -2.28. The van der Waals surface area contributed by atoms with Crippen LogP contribution in [0.2, 0.25) is 0 Å². The van der Waals surface area contributed by atoms with Gasteiger partial charge >= 0.3 is 0 Å². The summed E-state index contributed by atoms with van der Waals surface area (Å²) in [4.78, 5) is 12.5. The normalized spacial score (nSPS) is 14.5. The molecule has 4 nitrogen and oxygen atoms in total. The summed E-state index contributed by atoms with van der Waals surface area (Å²) < 4.78 is 0. The lowest BCUT2D eigenvalue weighted by molar-refractivity contribution is -0.384. The smallest absolute Gasteiger partial charge is 0.271 e. The Morgan fingerprint density at radius 1 is 1.47 bits per heavy atom. The molecule has 1 aliphatic rings. The second-order valence-electron chi connectivity index (χ2n) is 4.11. The van der Waals surface area contributed by atoms with E-state index in [1.54, 1.807) is 12.1 Å². The molecule has 15 heavy (non-hydrogen) atoms. The summed E-state index contributed by atoms with van der Waals surface area (Å²) in [5.41, 5.74) is 2.43. The highest BCUT2D eigenvalue weighted by Crippen LogP contribution is 2.32. The lowest BCUT2D eigenvalue weighted by Gasteiger charge is -2.23. The van der Waals surface area contributed by atoms with Gasteiger partial charge in [-0.05, 0) is 25.8 Å². The first-order chi connectivity index (χ1) is 7.09. The number of fused-ring (bicyclic) bond motifs is 1. The van der Waals surface area contributed by atoms with Gasteiger partial charge in [0.15, 0.2) is 0 Å². The number of hydrogen-bond acceptors (Lipinski definition) is 3. The van der Waals surface area contributed by atoms with Gasteiger partial charge in [0.25, 0.3) is 5.69 Å². The summed E-state index contributed by atoms with van der Waals surface area (Å²) in [5, 5.41) is 10.7. The Labute approximate surface area is 88.7 Å². The van der Waals surface area contributed by atoms with E-state index in [-0.39, 0.29) is 10.6 Å². The van der Waals surface area contributed by atoms with Crippen molar-refractivity contribution in [2.45, 2.75) is 26.3 Å². The van der Waals surface area contributed by atoms with Crippen LogP contribution in [0.15, 0.2) is 18.2 Å². The molecule has 0 saturated carbocycles. The zero-order valence-corrected chi connectivity index (χ0v) is 8.93. The summed E-state index contributed by atoms with van der Waals surface area (Å²) in [6.07, 6.45) is 0.992. The van der Waals surface area contributed by atoms with Crippen LogP contribution in [0.3, 0.4) is 0 Å². The molecule has 1 aliphatic heterocycles. The summed E-state index contributed by atoms with van der Waals surface area (Å²) >= 11 is 0. The molecule has 1 aromatic carbocycles. The molecule has 0 N–H and O–H groups in total. The zero-order chi connectivity index (χ0) is 11.0. The summed E-state index contributed by atoms with van der Waals surface area (Å²) in [5.74, 6) is 0. The molecule has 2 rings (SSSR count). The highest BCUT2D eigenvalue weighted by molar-refractivity contribution is 5.63. The molecule has 0 amide bonds. The number of anilines is 1. The van der Waals surface area contributed by atoms with Gasteiger partial charge in [0, 0.05) is 30.4 Å². The molecular formula is C11H14N2O2. The van der Waals surface area contributed by atoms with Gasteiger partial charge in [0.1, 0.15) is 0 Å². The van der Waals surface area contributed by atoms with E-state index in [9.17, 15) is 10.1 Å². The number of benzene rings is 1. The van der Waals surface area contributed by atoms with Gasteiger partial charge in [-0.1, -0.05) is 6.07 Å². The quantitative estimate of drug-likeness (QED) is 0.551. The van der Waals surface area contributed by atoms with Crippen molar-refractivity contribution in [1.82, 2.24) is 0 Å². The van der Waals surface area contributed by atoms with Gasteiger partial charge in [-0.2, -0.15) is 0 Å². The second kappa shape index (κ2) is 3.53. The van der Waals surface area contributed by atoms with Crippen LogP contribution in [-0.2, 0) is 6.42 Å². The van der Waals surface area contributed by atoms with Gasteiger partial charge in [-0.15, -0.1) is 0 Å². The number of non-ortho nitro benzene ring substituents is 1. The third kappa shape index (κ3) is 1.67. The van der Waals surface area contributed by atoms with Crippen LogP contribution < -0.4 is 4.90 Å². The fourth-order valence-corrected chi connectivity index (χ4v) is 2.04. The largest absolute Gasteiger partial charge is 0.368 e. The van der Waals surface area contributed by atoms with E-state index in [1.807, 2.05) is 6.07 Å². The fourth-order valence-electron chi connectivity index (χ4n) is 2.04. The van der Waals surface area contributed by atoms with Crippen molar-refractivity contribution >= 4 is 11.4 Å². The summed E-state index contributed by atoms with van der Waals surface area (Å²) in [6, 6.07) is 5.54. The molecule has 1 heterocycles. The summed E-state index contributed by atoms with van der Waals surface area (Å²) in [7, 11) is 0. The summed E-state index contributed by atoms with van der Waals surface area (Å²) in [6.45, 7) is 5.18. The molecule has 0 atom stereocenters. The lowest BCUT2D eigenvalue weighted by atomic mass is 10.1. The number of hydrogen-bond donors (Lipinski definition) is 0. The first kappa shape index (κ1) is 9.96.